The standard InChI is InChI=1S/C5H5F3N2.H/c1-10-3-2-4(9-10)5(6,7)8;/h2-3H,1H3;. The van der Waals surface area contributed by atoms with Gasteiger partial charge < -0.3 is 0 Å². The first-order valence-electron chi connectivity index (χ1n) is 2.57. The van der Waals surface area contributed by atoms with Crippen molar-refractivity contribution in [3.8, 4) is 0 Å². The van der Waals surface area contributed by atoms with Gasteiger partial charge in [-0.05, 0) is 6.07 Å². The van der Waals surface area contributed by atoms with Gasteiger partial charge in [-0.1, -0.05) is 0 Å². The molecule has 0 atom stereocenters. The van der Waals surface area contributed by atoms with Crippen LogP contribution in [0, 0.1) is 0 Å². The molecule has 1 aromatic rings. The SMILES string of the molecule is Cn1ccc(C(F)(F)F)n1.[H]. The number of nitrogens with zero attached hydrogens (tertiary/aromatic N) is 2. The van der Waals surface area contributed by atoms with Crippen LogP contribution in [-0.2, 0) is 13.2 Å². The molecular formula is C5H6F3N2. The van der Waals surface area contributed by atoms with E-state index in [2.05, 4.69) is 5.10 Å². The van der Waals surface area contributed by atoms with Crippen molar-refractivity contribution in [1.29, 1.82) is 0 Å². The Bertz CT molecular complexity index is 230. The summed E-state index contributed by atoms with van der Waals surface area (Å²) in [6.45, 7) is 0. The molecule has 1 radical (unpaired) electrons. The van der Waals surface area contributed by atoms with Gasteiger partial charge in [0.1, 0.15) is 0 Å². The predicted molar refractivity (Wildman–Crippen MR) is 29.3 cm³/mol. The molecule has 0 saturated heterocycles. The van der Waals surface area contributed by atoms with Crippen LogP contribution in [-0.4, -0.2) is 9.78 Å². The quantitative estimate of drug-likeness (QED) is 0.550. The van der Waals surface area contributed by atoms with E-state index in [-0.39, 0.29) is 1.43 Å². The fraction of sp³-hybridized carbons (Fsp3) is 0.400. The monoisotopic (exact) mass is 151 g/mol. The van der Waals surface area contributed by atoms with E-state index in [1.54, 1.807) is 0 Å². The Morgan fingerprint density at radius 3 is 2.40 bits per heavy atom. The summed E-state index contributed by atoms with van der Waals surface area (Å²) in [6, 6.07) is 0.931. The maximum atomic E-state index is 11.7. The van der Waals surface area contributed by atoms with E-state index in [1.165, 1.54) is 13.2 Å². The molecule has 0 N–H and O–H groups in total. The van der Waals surface area contributed by atoms with E-state index < -0.39 is 11.9 Å². The fourth-order valence-electron chi connectivity index (χ4n) is 0.566. The van der Waals surface area contributed by atoms with Gasteiger partial charge in [-0.25, -0.2) is 0 Å². The van der Waals surface area contributed by atoms with Gasteiger partial charge in [-0.15, -0.1) is 0 Å². The number of halogens is 3. The number of aryl methyl sites for hydroxylation is 1. The third-order valence-corrected chi connectivity index (χ3v) is 1.00. The number of rotatable bonds is 0. The van der Waals surface area contributed by atoms with Crippen LogP contribution in [0.25, 0.3) is 0 Å². The second-order valence-corrected chi connectivity index (χ2v) is 1.87. The molecule has 0 unspecified atom stereocenters. The average Bonchev–Trinajstić information content (AvgIpc) is 2.11. The summed E-state index contributed by atoms with van der Waals surface area (Å²) in [5.74, 6) is 0. The first kappa shape index (κ1) is 7.11. The summed E-state index contributed by atoms with van der Waals surface area (Å²) >= 11 is 0. The Kier molecular flexibility index (Phi) is 1.42. The lowest BCUT2D eigenvalue weighted by molar-refractivity contribution is -0.141. The molecule has 0 bridgehead atoms. The van der Waals surface area contributed by atoms with E-state index in [0.29, 0.717) is 0 Å². The largest absolute Gasteiger partial charge is 0.435 e. The first-order chi connectivity index (χ1) is 4.50. The van der Waals surface area contributed by atoms with Crippen LogP contribution in [0.15, 0.2) is 12.3 Å². The van der Waals surface area contributed by atoms with Crippen molar-refractivity contribution in [2.24, 2.45) is 7.05 Å². The highest BCUT2D eigenvalue weighted by Crippen LogP contribution is 2.26. The van der Waals surface area contributed by atoms with Gasteiger partial charge in [-0.2, -0.15) is 18.3 Å². The van der Waals surface area contributed by atoms with Crippen LogP contribution in [0.2, 0.25) is 0 Å². The summed E-state index contributed by atoms with van der Waals surface area (Å²) in [7, 11) is 1.44. The molecule has 0 aliphatic rings. The molecule has 5 heteroatoms. The fourth-order valence-corrected chi connectivity index (χ4v) is 0.566. The smallest absolute Gasteiger partial charge is 0.275 e. The third-order valence-electron chi connectivity index (χ3n) is 1.00. The van der Waals surface area contributed by atoms with Crippen LogP contribution < -0.4 is 0 Å². The maximum absolute atomic E-state index is 11.7. The van der Waals surface area contributed by atoms with Gasteiger partial charge in [0.25, 0.3) is 0 Å². The van der Waals surface area contributed by atoms with Crippen molar-refractivity contribution in [3.05, 3.63) is 18.0 Å². The molecule has 2 nitrogen and oxygen atoms in total. The molecule has 0 amide bonds. The van der Waals surface area contributed by atoms with Gasteiger partial charge in [0.2, 0.25) is 0 Å². The minimum absolute atomic E-state index is 0. The molecule has 0 aliphatic carbocycles. The van der Waals surface area contributed by atoms with E-state index in [1.807, 2.05) is 0 Å². The molecule has 0 aromatic carbocycles. The summed E-state index contributed by atoms with van der Waals surface area (Å²) in [4.78, 5) is 0. The van der Waals surface area contributed by atoms with Crippen LogP contribution in [0.4, 0.5) is 13.2 Å². The van der Waals surface area contributed by atoms with E-state index >= 15 is 0 Å². The van der Waals surface area contributed by atoms with Crippen molar-refractivity contribution in [2.75, 3.05) is 0 Å². The molecule has 57 valence electrons. The number of hydrogen-bond acceptors (Lipinski definition) is 1. The highest BCUT2D eigenvalue weighted by atomic mass is 19.4. The molecule has 1 heterocycles. The van der Waals surface area contributed by atoms with Crippen LogP contribution in [0.5, 0.6) is 0 Å². The Balaban J connectivity index is 0.000001000. The Morgan fingerprint density at radius 1 is 1.60 bits per heavy atom. The number of aromatic nitrogens is 2. The Morgan fingerprint density at radius 2 is 2.20 bits per heavy atom. The number of alkyl halides is 3. The highest BCUT2D eigenvalue weighted by molar-refractivity contribution is 5.02. The molecule has 0 fully saturated rings. The van der Waals surface area contributed by atoms with Gasteiger partial charge in [0, 0.05) is 14.7 Å². The molecule has 0 aliphatic heterocycles. The first-order valence-corrected chi connectivity index (χ1v) is 2.57. The molecule has 1 aromatic heterocycles. The van der Waals surface area contributed by atoms with Gasteiger partial charge in [0.15, 0.2) is 5.69 Å². The van der Waals surface area contributed by atoms with Crippen LogP contribution in [0.1, 0.15) is 7.12 Å². The summed E-state index contributed by atoms with van der Waals surface area (Å²) in [5.41, 5.74) is -0.852. The Labute approximate surface area is 56.7 Å². The highest BCUT2D eigenvalue weighted by Gasteiger charge is 2.33. The van der Waals surface area contributed by atoms with Crippen molar-refractivity contribution in [2.45, 2.75) is 6.18 Å². The lowest BCUT2D eigenvalue weighted by Gasteiger charge is -1.99. The average molecular weight is 151 g/mol. The summed E-state index contributed by atoms with van der Waals surface area (Å²) < 4.78 is 36.3. The lowest BCUT2D eigenvalue weighted by Crippen LogP contribution is -2.06. The zero-order valence-corrected chi connectivity index (χ0v) is 5.18. The van der Waals surface area contributed by atoms with Crippen molar-refractivity contribution in [1.82, 2.24) is 9.78 Å². The molecular weight excluding hydrogens is 145 g/mol. The second-order valence-electron chi connectivity index (χ2n) is 1.87. The van der Waals surface area contributed by atoms with Crippen LogP contribution >= 0.6 is 0 Å². The van der Waals surface area contributed by atoms with E-state index in [4.69, 9.17) is 0 Å². The van der Waals surface area contributed by atoms with Crippen molar-refractivity contribution < 1.29 is 14.6 Å². The lowest BCUT2D eigenvalue weighted by atomic mass is 10.4. The van der Waals surface area contributed by atoms with Crippen molar-refractivity contribution >= 4 is 0 Å². The zero-order chi connectivity index (χ0) is 7.78. The van der Waals surface area contributed by atoms with E-state index in [9.17, 15) is 13.2 Å². The molecule has 1 rings (SSSR count). The topological polar surface area (TPSA) is 17.8 Å². The minimum atomic E-state index is -4.32. The molecule has 0 saturated carbocycles. The van der Waals surface area contributed by atoms with E-state index in [0.717, 1.165) is 10.7 Å². The summed E-state index contributed by atoms with van der Waals surface area (Å²) in [6.07, 6.45) is -3.07. The Hall–Kier alpha value is -1.00. The second kappa shape index (κ2) is 2.00. The molecule has 10 heavy (non-hydrogen) atoms. The minimum Gasteiger partial charge on any atom is -0.275 e. The zero-order valence-electron chi connectivity index (χ0n) is 6.18. The number of hydrogen-bond donors (Lipinski definition) is 0. The normalized spacial score (nSPS) is 12.0. The summed E-state index contributed by atoms with van der Waals surface area (Å²) in [5, 5.41) is 3.17. The third kappa shape index (κ3) is 1.29. The van der Waals surface area contributed by atoms with Crippen molar-refractivity contribution in [3.63, 3.8) is 0 Å². The van der Waals surface area contributed by atoms with Gasteiger partial charge in [0.05, 0.1) is 0 Å². The van der Waals surface area contributed by atoms with Gasteiger partial charge >= 0.3 is 6.18 Å². The van der Waals surface area contributed by atoms with Gasteiger partial charge in [-0.3, -0.25) is 4.68 Å². The predicted octanol–water partition coefficient (Wildman–Crippen LogP) is 1.55. The van der Waals surface area contributed by atoms with Crippen LogP contribution in [0.3, 0.4) is 0 Å². The molecule has 0 spiro atoms. The maximum Gasteiger partial charge on any atom is 0.435 e.